The van der Waals surface area contributed by atoms with Crippen molar-refractivity contribution in [3.8, 4) is 5.88 Å². The van der Waals surface area contributed by atoms with E-state index in [0.717, 1.165) is 16.1 Å². The van der Waals surface area contributed by atoms with E-state index in [4.69, 9.17) is 10.5 Å². The molecule has 0 spiro atoms. The lowest BCUT2D eigenvalue weighted by atomic mass is 10.2. The second kappa shape index (κ2) is 4.31. The highest BCUT2D eigenvalue weighted by Crippen LogP contribution is 2.26. The van der Waals surface area contributed by atoms with Gasteiger partial charge in [-0.15, -0.1) is 0 Å². The average Bonchev–Trinajstić information content (AvgIpc) is 2.59. The maximum Gasteiger partial charge on any atom is 0.230 e. The molecule has 0 unspecified atom stereocenters. The molecule has 2 aromatic rings. The summed E-state index contributed by atoms with van der Waals surface area (Å²) in [5.41, 5.74) is 7.74. The van der Waals surface area contributed by atoms with Gasteiger partial charge in [-0.2, -0.15) is 4.37 Å². The molecule has 2 N–H and O–H groups in total. The second-order valence-electron chi connectivity index (χ2n) is 3.25. The Morgan fingerprint density at radius 1 is 1.33 bits per heavy atom. The highest BCUT2D eigenvalue weighted by Gasteiger charge is 2.07. The van der Waals surface area contributed by atoms with Gasteiger partial charge in [-0.25, -0.2) is 0 Å². The van der Waals surface area contributed by atoms with Crippen molar-refractivity contribution in [1.82, 2.24) is 4.37 Å². The van der Waals surface area contributed by atoms with E-state index in [0.29, 0.717) is 12.5 Å². The summed E-state index contributed by atoms with van der Waals surface area (Å²) in [4.78, 5) is 0. The number of nitrogens with zero attached hydrogens (tertiary/aromatic N) is 1. The molecule has 1 heterocycles. The molecule has 4 heteroatoms. The van der Waals surface area contributed by atoms with E-state index in [-0.39, 0.29) is 0 Å². The van der Waals surface area contributed by atoms with Crippen LogP contribution in [-0.4, -0.2) is 4.37 Å². The predicted molar refractivity (Wildman–Crippen MR) is 62.0 cm³/mol. The summed E-state index contributed by atoms with van der Waals surface area (Å²) >= 11 is 1.27. The van der Waals surface area contributed by atoms with Crippen LogP contribution in [0.15, 0.2) is 30.3 Å². The number of ether oxygens (including phenoxy) is 1. The van der Waals surface area contributed by atoms with E-state index in [1.54, 1.807) is 0 Å². The fourth-order valence-electron chi connectivity index (χ4n) is 1.19. The summed E-state index contributed by atoms with van der Waals surface area (Å²) < 4.78 is 9.69. The molecule has 1 aromatic carbocycles. The van der Waals surface area contributed by atoms with Gasteiger partial charge in [0.25, 0.3) is 0 Å². The van der Waals surface area contributed by atoms with Gasteiger partial charge in [0.15, 0.2) is 0 Å². The third-order valence-electron chi connectivity index (χ3n) is 2.14. The first kappa shape index (κ1) is 9.98. The number of benzene rings is 1. The fourth-order valence-corrected chi connectivity index (χ4v) is 1.79. The van der Waals surface area contributed by atoms with Crippen LogP contribution in [0.1, 0.15) is 11.1 Å². The molecule has 78 valence electrons. The van der Waals surface area contributed by atoms with Gasteiger partial charge in [-0.1, -0.05) is 30.3 Å². The van der Waals surface area contributed by atoms with E-state index >= 15 is 0 Å². The van der Waals surface area contributed by atoms with E-state index in [1.165, 1.54) is 11.5 Å². The molecule has 0 aliphatic carbocycles. The minimum atomic E-state index is 0.533. The number of aromatic nitrogens is 1. The molecule has 0 aliphatic rings. The lowest BCUT2D eigenvalue weighted by Gasteiger charge is -2.03. The lowest BCUT2D eigenvalue weighted by molar-refractivity contribution is 0.295. The fraction of sp³-hybridized carbons (Fsp3) is 0.182. The quantitative estimate of drug-likeness (QED) is 0.865. The van der Waals surface area contributed by atoms with Crippen molar-refractivity contribution >= 4 is 16.5 Å². The zero-order valence-corrected chi connectivity index (χ0v) is 9.25. The minimum absolute atomic E-state index is 0.533. The molecule has 0 saturated carbocycles. The molecular formula is C11H12N2OS. The largest absolute Gasteiger partial charge is 0.472 e. The molecular weight excluding hydrogens is 208 g/mol. The van der Waals surface area contributed by atoms with E-state index in [2.05, 4.69) is 4.37 Å². The van der Waals surface area contributed by atoms with Crippen LogP contribution in [0.5, 0.6) is 5.88 Å². The van der Waals surface area contributed by atoms with Crippen LogP contribution in [0, 0.1) is 6.92 Å². The molecule has 0 saturated heterocycles. The number of rotatable bonds is 3. The Morgan fingerprint density at radius 2 is 2.07 bits per heavy atom. The third kappa shape index (κ3) is 2.27. The summed E-state index contributed by atoms with van der Waals surface area (Å²) in [5, 5.41) is 0.720. The molecule has 3 nitrogen and oxygen atoms in total. The predicted octanol–water partition coefficient (Wildman–Crippen LogP) is 2.61. The van der Waals surface area contributed by atoms with Crippen molar-refractivity contribution in [3.63, 3.8) is 0 Å². The Bertz CT molecular complexity index is 439. The van der Waals surface area contributed by atoms with Gasteiger partial charge in [-0.05, 0) is 24.0 Å². The first-order valence-electron chi connectivity index (χ1n) is 4.66. The van der Waals surface area contributed by atoms with E-state index < -0.39 is 0 Å². The van der Waals surface area contributed by atoms with Crippen molar-refractivity contribution in [2.24, 2.45) is 0 Å². The SMILES string of the molecule is Cc1c(OCc2ccccc2)nsc1N. The Morgan fingerprint density at radius 3 is 2.67 bits per heavy atom. The van der Waals surface area contributed by atoms with Gasteiger partial charge in [-0.3, -0.25) is 0 Å². The standard InChI is InChI=1S/C11H12N2OS/c1-8-10(12)15-13-11(8)14-7-9-5-3-2-4-6-9/h2-6H,7,12H2,1H3. The molecule has 0 radical (unpaired) electrons. The van der Waals surface area contributed by atoms with Gasteiger partial charge in [0.05, 0.1) is 0 Å². The van der Waals surface area contributed by atoms with Crippen LogP contribution >= 0.6 is 11.5 Å². The maximum absolute atomic E-state index is 5.69. The summed E-state index contributed by atoms with van der Waals surface area (Å²) in [5.74, 6) is 0.640. The summed E-state index contributed by atoms with van der Waals surface area (Å²) in [6.07, 6.45) is 0. The molecule has 2 rings (SSSR count). The molecule has 0 atom stereocenters. The van der Waals surface area contributed by atoms with Crippen LogP contribution in [0.4, 0.5) is 5.00 Å². The smallest absolute Gasteiger partial charge is 0.230 e. The number of hydrogen-bond donors (Lipinski definition) is 1. The Kier molecular flexibility index (Phi) is 2.87. The van der Waals surface area contributed by atoms with Gasteiger partial charge < -0.3 is 10.5 Å². The highest BCUT2D eigenvalue weighted by atomic mass is 32.1. The Balaban J connectivity index is 2.02. The van der Waals surface area contributed by atoms with Gasteiger partial charge >= 0.3 is 0 Å². The monoisotopic (exact) mass is 220 g/mol. The van der Waals surface area contributed by atoms with Crippen molar-refractivity contribution in [2.45, 2.75) is 13.5 Å². The van der Waals surface area contributed by atoms with Gasteiger partial charge in [0.1, 0.15) is 11.6 Å². The minimum Gasteiger partial charge on any atom is -0.472 e. The molecule has 0 bridgehead atoms. The first-order chi connectivity index (χ1) is 7.27. The Hall–Kier alpha value is -1.55. The zero-order chi connectivity index (χ0) is 10.7. The van der Waals surface area contributed by atoms with Crippen LogP contribution in [-0.2, 0) is 6.61 Å². The number of anilines is 1. The van der Waals surface area contributed by atoms with Crippen LogP contribution in [0.3, 0.4) is 0 Å². The third-order valence-corrected chi connectivity index (χ3v) is 2.90. The van der Waals surface area contributed by atoms with Gasteiger partial charge in [0, 0.05) is 5.56 Å². The van der Waals surface area contributed by atoms with Crippen molar-refractivity contribution in [2.75, 3.05) is 5.73 Å². The van der Waals surface area contributed by atoms with Crippen molar-refractivity contribution in [1.29, 1.82) is 0 Å². The molecule has 0 aliphatic heterocycles. The van der Waals surface area contributed by atoms with Crippen LogP contribution in [0.25, 0.3) is 0 Å². The van der Waals surface area contributed by atoms with Gasteiger partial charge in [0.2, 0.25) is 5.88 Å². The zero-order valence-electron chi connectivity index (χ0n) is 8.43. The Labute approximate surface area is 92.7 Å². The topological polar surface area (TPSA) is 48.1 Å². The first-order valence-corrected chi connectivity index (χ1v) is 5.43. The van der Waals surface area contributed by atoms with E-state index in [9.17, 15) is 0 Å². The second-order valence-corrected chi connectivity index (χ2v) is 4.06. The lowest BCUT2D eigenvalue weighted by Crippen LogP contribution is -1.96. The van der Waals surface area contributed by atoms with Crippen LogP contribution < -0.4 is 10.5 Å². The average molecular weight is 220 g/mol. The highest BCUT2D eigenvalue weighted by molar-refractivity contribution is 7.10. The summed E-state index contributed by atoms with van der Waals surface area (Å²) in [6, 6.07) is 9.99. The summed E-state index contributed by atoms with van der Waals surface area (Å²) in [6.45, 7) is 2.45. The number of hydrogen-bond acceptors (Lipinski definition) is 4. The number of nitrogen functional groups attached to an aromatic ring is 1. The molecule has 0 fully saturated rings. The molecule has 0 amide bonds. The van der Waals surface area contributed by atoms with Crippen molar-refractivity contribution in [3.05, 3.63) is 41.5 Å². The molecule has 1 aromatic heterocycles. The van der Waals surface area contributed by atoms with Crippen molar-refractivity contribution < 1.29 is 4.74 Å². The molecule has 15 heavy (non-hydrogen) atoms. The van der Waals surface area contributed by atoms with Crippen LogP contribution in [0.2, 0.25) is 0 Å². The maximum atomic E-state index is 5.69. The normalized spacial score (nSPS) is 10.2. The number of nitrogens with two attached hydrogens (primary N) is 1. The summed E-state index contributed by atoms with van der Waals surface area (Å²) in [7, 11) is 0. The van der Waals surface area contributed by atoms with E-state index in [1.807, 2.05) is 37.3 Å².